The minimum Gasteiger partial charge on any atom is -0.490 e. The Hall–Kier alpha value is -1.75. The Kier molecular flexibility index (Phi) is 7.67. The number of carbonyl (C=O) groups excluding carboxylic acids is 1. The van der Waals surface area contributed by atoms with Crippen LogP contribution in [0.5, 0.6) is 5.75 Å². The van der Waals surface area contributed by atoms with Crippen molar-refractivity contribution in [3.05, 3.63) is 29.6 Å². The number of carbonyl (C=O) groups is 1. The van der Waals surface area contributed by atoms with Crippen molar-refractivity contribution in [1.29, 1.82) is 0 Å². The van der Waals surface area contributed by atoms with Gasteiger partial charge in [0.25, 0.3) is 0 Å². The molecule has 1 saturated heterocycles. The number of unbranched alkanes of at least 4 members (excludes halogenated alkanes) is 2. The van der Waals surface area contributed by atoms with E-state index in [2.05, 4.69) is 10.0 Å². The zero-order valence-electron chi connectivity index (χ0n) is 17.1. The summed E-state index contributed by atoms with van der Waals surface area (Å²) in [6, 6.07) is 3.91. The van der Waals surface area contributed by atoms with E-state index in [4.69, 9.17) is 4.74 Å². The summed E-state index contributed by atoms with van der Waals surface area (Å²) in [6.45, 7) is 2.87. The summed E-state index contributed by atoms with van der Waals surface area (Å²) in [5.41, 5.74) is 0.644. The summed E-state index contributed by atoms with van der Waals surface area (Å²) in [4.78, 5) is 12.8. The molecule has 1 aliphatic carbocycles. The van der Waals surface area contributed by atoms with Crippen molar-refractivity contribution in [1.82, 2.24) is 14.9 Å². The van der Waals surface area contributed by atoms with Gasteiger partial charge in [0, 0.05) is 12.6 Å². The quantitative estimate of drug-likeness (QED) is 0.422. The summed E-state index contributed by atoms with van der Waals surface area (Å²) in [7, 11) is -3.50. The van der Waals surface area contributed by atoms with Crippen LogP contribution in [-0.2, 0) is 14.8 Å². The largest absolute Gasteiger partial charge is 0.490 e. The maximum absolute atomic E-state index is 13.9. The van der Waals surface area contributed by atoms with Gasteiger partial charge in [-0.25, -0.2) is 17.5 Å². The number of halogens is 1. The molecule has 3 N–H and O–H groups in total. The number of hydrogen-bond donors (Lipinski definition) is 3. The van der Waals surface area contributed by atoms with Crippen molar-refractivity contribution in [2.75, 3.05) is 25.4 Å². The Morgan fingerprint density at radius 1 is 1.33 bits per heavy atom. The molecule has 168 valence electrons. The normalized spacial score (nSPS) is 20.9. The smallest absolute Gasteiger partial charge is 0.237 e. The molecule has 2 atom stereocenters. The van der Waals surface area contributed by atoms with Crippen molar-refractivity contribution < 1.29 is 27.4 Å². The standard InChI is InChI=1S/C20H30FN3O5S/c1-14(16-7-8-17(21)18(11-16)29-13-15-5-6-15)23-30(27,28)10-4-2-3-9-24-12-19(25)22-20(24)26/h7-8,11,14-15,20,23,26H,2-6,9-10,12-13H2,1H3,(H,22,25)/t14-,20?/m1/s1. The van der Waals surface area contributed by atoms with Crippen LogP contribution in [0.25, 0.3) is 0 Å². The summed E-state index contributed by atoms with van der Waals surface area (Å²) in [6.07, 6.45) is 3.04. The Morgan fingerprint density at radius 3 is 2.77 bits per heavy atom. The van der Waals surface area contributed by atoms with Crippen LogP contribution in [0, 0.1) is 11.7 Å². The fourth-order valence-corrected chi connectivity index (χ4v) is 4.70. The highest BCUT2D eigenvalue weighted by atomic mass is 32.2. The molecule has 2 fully saturated rings. The van der Waals surface area contributed by atoms with E-state index in [0.717, 1.165) is 12.8 Å². The van der Waals surface area contributed by atoms with Gasteiger partial charge in [-0.2, -0.15) is 0 Å². The Bertz CT molecular complexity index is 847. The first kappa shape index (κ1) is 22.9. The number of sulfonamides is 1. The highest BCUT2D eigenvalue weighted by molar-refractivity contribution is 7.89. The lowest BCUT2D eigenvalue weighted by Gasteiger charge is -2.18. The molecule has 0 bridgehead atoms. The molecule has 1 unspecified atom stereocenters. The van der Waals surface area contributed by atoms with Crippen LogP contribution in [0.1, 0.15) is 50.6 Å². The van der Waals surface area contributed by atoms with E-state index in [1.165, 1.54) is 6.07 Å². The number of ether oxygens (including phenoxy) is 1. The molecule has 1 saturated carbocycles. The van der Waals surface area contributed by atoms with Crippen LogP contribution in [0.3, 0.4) is 0 Å². The fourth-order valence-electron chi connectivity index (χ4n) is 3.33. The van der Waals surface area contributed by atoms with E-state index in [1.54, 1.807) is 24.0 Å². The molecule has 0 radical (unpaired) electrons. The molecule has 8 nitrogen and oxygen atoms in total. The van der Waals surface area contributed by atoms with Crippen LogP contribution in [0.2, 0.25) is 0 Å². The molecule has 1 aromatic rings. The van der Waals surface area contributed by atoms with E-state index in [-0.39, 0.29) is 24.0 Å². The topological polar surface area (TPSA) is 108 Å². The van der Waals surface area contributed by atoms with E-state index in [0.29, 0.717) is 43.9 Å². The lowest BCUT2D eigenvalue weighted by atomic mass is 10.1. The minimum atomic E-state index is -3.50. The van der Waals surface area contributed by atoms with Gasteiger partial charge in [-0.3, -0.25) is 9.69 Å². The summed E-state index contributed by atoms with van der Waals surface area (Å²) in [5.74, 6) is -0.0415. The molecular weight excluding hydrogens is 413 g/mol. The average Bonchev–Trinajstić information content (AvgIpc) is 3.44. The monoisotopic (exact) mass is 443 g/mol. The van der Waals surface area contributed by atoms with Crippen LogP contribution in [0.4, 0.5) is 4.39 Å². The zero-order valence-corrected chi connectivity index (χ0v) is 18.0. The van der Waals surface area contributed by atoms with E-state index < -0.39 is 28.2 Å². The van der Waals surface area contributed by atoms with Gasteiger partial charge in [0.2, 0.25) is 15.9 Å². The number of rotatable bonds is 12. The maximum Gasteiger partial charge on any atom is 0.237 e. The molecule has 1 aromatic carbocycles. The summed E-state index contributed by atoms with van der Waals surface area (Å²) < 4.78 is 46.9. The number of hydrogen-bond acceptors (Lipinski definition) is 6. The number of amides is 1. The van der Waals surface area contributed by atoms with E-state index in [1.807, 2.05) is 0 Å². The molecule has 0 spiro atoms. The van der Waals surface area contributed by atoms with Gasteiger partial charge in [0.1, 0.15) is 0 Å². The fraction of sp³-hybridized carbons (Fsp3) is 0.650. The van der Waals surface area contributed by atoms with Crippen molar-refractivity contribution in [3.8, 4) is 5.75 Å². The lowest BCUT2D eigenvalue weighted by molar-refractivity contribution is -0.119. The van der Waals surface area contributed by atoms with Gasteiger partial charge in [-0.05, 0) is 56.2 Å². The van der Waals surface area contributed by atoms with Gasteiger partial charge in [-0.15, -0.1) is 0 Å². The first-order valence-corrected chi connectivity index (χ1v) is 12.0. The highest BCUT2D eigenvalue weighted by Gasteiger charge is 2.27. The number of aliphatic hydroxyl groups is 1. The van der Waals surface area contributed by atoms with Crippen molar-refractivity contribution in [3.63, 3.8) is 0 Å². The Labute approximate surface area is 176 Å². The average molecular weight is 444 g/mol. The first-order valence-electron chi connectivity index (χ1n) is 10.4. The van der Waals surface area contributed by atoms with Crippen LogP contribution < -0.4 is 14.8 Å². The van der Waals surface area contributed by atoms with Crippen molar-refractivity contribution >= 4 is 15.9 Å². The molecule has 10 heteroatoms. The van der Waals surface area contributed by atoms with E-state index in [9.17, 15) is 22.7 Å². The lowest BCUT2D eigenvalue weighted by Crippen LogP contribution is -2.36. The van der Waals surface area contributed by atoms with Crippen molar-refractivity contribution in [2.24, 2.45) is 5.92 Å². The molecule has 3 rings (SSSR count). The minimum absolute atomic E-state index is 0.0245. The van der Waals surface area contributed by atoms with Crippen molar-refractivity contribution in [2.45, 2.75) is 51.4 Å². The predicted molar refractivity (Wildman–Crippen MR) is 110 cm³/mol. The first-order chi connectivity index (χ1) is 14.2. The van der Waals surface area contributed by atoms with Gasteiger partial charge in [0.15, 0.2) is 17.9 Å². The molecule has 1 amide bonds. The van der Waals surface area contributed by atoms with Gasteiger partial charge in [-0.1, -0.05) is 12.5 Å². The Morgan fingerprint density at radius 2 is 2.10 bits per heavy atom. The van der Waals surface area contributed by atoms with Crippen LogP contribution in [-0.4, -0.2) is 56.1 Å². The highest BCUT2D eigenvalue weighted by Crippen LogP contribution is 2.31. The van der Waals surface area contributed by atoms with Gasteiger partial charge in [0.05, 0.1) is 18.9 Å². The molecule has 1 heterocycles. The number of nitrogens with zero attached hydrogens (tertiary/aromatic N) is 1. The third-order valence-electron chi connectivity index (χ3n) is 5.32. The molecule has 30 heavy (non-hydrogen) atoms. The van der Waals surface area contributed by atoms with E-state index >= 15 is 0 Å². The Balaban J connectivity index is 1.41. The second kappa shape index (κ2) is 10.0. The predicted octanol–water partition coefficient (Wildman–Crippen LogP) is 1.47. The second-order valence-corrected chi connectivity index (χ2v) is 9.95. The summed E-state index contributed by atoms with van der Waals surface area (Å²) >= 11 is 0. The number of benzene rings is 1. The molecule has 2 aliphatic rings. The van der Waals surface area contributed by atoms with Gasteiger partial charge >= 0.3 is 0 Å². The van der Waals surface area contributed by atoms with Crippen LogP contribution in [0.15, 0.2) is 18.2 Å². The number of aliphatic hydroxyl groups excluding tert-OH is 1. The molecule has 0 aromatic heterocycles. The maximum atomic E-state index is 13.9. The van der Waals surface area contributed by atoms with Crippen LogP contribution >= 0.6 is 0 Å². The number of nitrogens with one attached hydrogen (secondary N) is 2. The third kappa shape index (κ3) is 6.90. The third-order valence-corrected chi connectivity index (χ3v) is 6.86. The zero-order chi connectivity index (χ0) is 21.7. The molecule has 1 aliphatic heterocycles. The SMILES string of the molecule is C[C@@H](NS(=O)(=O)CCCCCN1CC(=O)NC1O)c1ccc(F)c(OCC2CC2)c1. The van der Waals surface area contributed by atoms with Gasteiger partial charge < -0.3 is 15.2 Å². The molecular formula is C20H30FN3O5S. The second-order valence-electron chi connectivity index (χ2n) is 8.07. The summed E-state index contributed by atoms with van der Waals surface area (Å²) in [5, 5.41) is 12.0.